The van der Waals surface area contributed by atoms with Crippen molar-refractivity contribution >= 4 is 28.9 Å². The van der Waals surface area contributed by atoms with E-state index < -0.39 is 29.2 Å². The van der Waals surface area contributed by atoms with Crippen LogP contribution in [-0.4, -0.2) is 49.9 Å². The smallest absolute Gasteiger partial charge is 0.408 e. The number of aromatic nitrogens is 5. The van der Waals surface area contributed by atoms with Gasteiger partial charge in [0.1, 0.15) is 28.7 Å². The van der Waals surface area contributed by atoms with E-state index in [1.54, 1.807) is 25.1 Å². The minimum atomic E-state index is -1.64. The molecule has 0 bridgehead atoms. The molecule has 2 N–H and O–H groups in total. The highest BCUT2D eigenvalue weighted by Crippen LogP contribution is 2.48. The highest BCUT2D eigenvalue weighted by Gasteiger charge is 2.56. The molecule has 3 aromatic heterocycles. The van der Waals surface area contributed by atoms with Gasteiger partial charge in [0.05, 0.1) is 24.7 Å². The number of fused-ring (bicyclic) bond motifs is 1. The third kappa shape index (κ3) is 3.61. The van der Waals surface area contributed by atoms with Crippen LogP contribution in [0.15, 0.2) is 36.5 Å². The number of carbonyl (C=O) groups excluding carboxylic acids is 2. The van der Waals surface area contributed by atoms with Gasteiger partial charge in [-0.25, -0.2) is 28.2 Å². The summed E-state index contributed by atoms with van der Waals surface area (Å²) < 4.78 is 41.2. The van der Waals surface area contributed by atoms with Gasteiger partial charge in [0.2, 0.25) is 11.5 Å². The molecule has 0 spiro atoms. The molecule has 37 heavy (non-hydrogen) atoms. The minimum absolute atomic E-state index is 0.0226. The molecule has 0 saturated heterocycles. The topological polar surface area (TPSA) is 133 Å². The fourth-order valence-corrected chi connectivity index (χ4v) is 4.54. The maximum Gasteiger partial charge on any atom is 0.408 e. The van der Waals surface area contributed by atoms with Gasteiger partial charge in [-0.3, -0.25) is 4.79 Å². The monoisotopic (exact) mass is 507 g/mol. The fourth-order valence-electron chi connectivity index (χ4n) is 4.54. The molecule has 11 nitrogen and oxygen atoms in total. The number of benzene rings is 1. The van der Waals surface area contributed by atoms with E-state index in [2.05, 4.69) is 30.7 Å². The van der Waals surface area contributed by atoms with Crippen LogP contribution >= 0.6 is 0 Å². The molecule has 13 heteroatoms. The van der Waals surface area contributed by atoms with E-state index >= 15 is 0 Å². The Balaban J connectivity index is 1.48. The third-order valence-electron chi connectivity index (χ3n) is 6.20. The lowest BCUT2D eigenvalue weighted by Crippen LogP contribution is -2.45. The highest BCUT2D eigenvalue weighted by atomic mass is 19.1. The van der Waals surface area contributed by atoms with Crippen molar-refractivity contribution in [1.82, 2.24) is 30.0 Å². The van der Waals surface area contributed by atoms with Gasteiger partial charge >= 0.3 is 6.09 Å². The number of rotatable bonds is 5. The molecule has 0 fully saturated rings. The minimum Gasteiger partial charge on any atom is -0.477 e. The molecule has 6 rings (SSSR count). The molecule has 188 valence electrons. The van der Waals surface area contributed by atoms with Crippen molar-refractivity contribution in [2.45, 2.75) is 25.5 Å². The van der Waals surface area contributed by atoms with Crippen molar-refractivity contribution in [2.75, 3.05) is 18.5 Å². The van der Waals surface area contributed by atoms with Gasteiger partial charge in [-0.15, -0.1) is 0 Å². The number of nitrogens with one attached hydrogen (secondary N) is 2. The molecule has 0 radical (unpaired) electrons. The average Bonchev–Trinajstić information content (AvgIpc) is 3.36. The molecule has 0 saturated carbocycles. The van der Waals surface area contributed by atoms with Crippen molar-refractivity contribution < 1.29 is 27.8 Å². The molecule has 2 aliphatic heterocycles. The standard InChI is InChI=1S/C24H19F2N7O4/c1-2-27-23(35)37-24-7-8-36-21-16(24)18(31-22(24)34)29-19(30-21)17-14-9-13(25)10-28-20(14)33(32-17)11-12-5-3-4-6-15(12)26/h3-6,9-10H,2,7-8,11H2,1H3,(H,27,35)(H,29,30,31,34)/t24-/m0/s1. The van der Waals surface area contributed by atoms with Gasteiger partial charge in [-0.1, -0.05) is 18.2 Å². The Morgan fingerprint density at radius 2 is 2.14 bits per heavy atom. The number of anilines is 1. The van der Waals surface area contributed by atoms with E-state index in [-0.39, 0.29) is 59.4 Å². The van der Waals surface area contributed by atoms with Gasteiger partial charge < -0.3 is 20.1 Å². The summed E-state index contributed by atoms with van der Waals surface area (Å²) in [5, 5.41) is 9.96. The van der Waals surface area contributed by atoms with Crippen LogP contribution in [0, 0.1) is 11.6 Å². The van der Waals surface area contributed by atoms with Crippen LogP contribution in [0.4, 0.5) is 19.4 Å². The number of hydrogen-bond donors (Lipinski definition) is 2. The largest absolute Gasteiger partial charge is 0.477 e. The first-order valence-corrected chi connectivity index (χ1v) is 11.5. The molecule has 4 aromatic rings. The summed E-state index contributed by atoms with van der Waals surface area (Å²) in [4.78, 5) is 38.3. The summed E-state index contributed by atoms with van der Waals surface area (Å²) in [7, 11) is 0. The third-order valence-corrected chi connectivity index (χ3v) is 6.20. The van der Waals surface area contributed by atoms with E-state index in [1.165, 1.54) is 16.8 Å². The number of halogens is 2. The molecule has 5 heterocycles. The number of nitrogens with zero attached hydrogens (tertiary/aromatic N) is 5. The van der Waals surface area contributed by atoms with Crippen molar-refractivity contribution in [3.05, 3.63) is 59.3 Å². The van der Waals surface area contributed by atoms with Crippen LogP contribution in [0.2, 0.25) is 0 Å². The summed E-state index contributed by atoms with van der Waals surface area (Å²) in [5.41, 5.74) is -0.629. The molecule has 0 aliphatic carbocycles. The van der Waals surface area contributed by atoms with E-state index in [9.17, 15) is 18.4 Å². The van der Waals surface area contributed by atoms with E-state index in [0.29, 0.717) is 12.1 Å². The van der Waals surface area contributed by atoms with Gasteiger partial charge in [0.25, 0.3) is 5.91 Å². The van der Waals surface area contributed by atoms with E-state index in [1.807, 2.05) is 0 Å². The highest BCUT2D eigenvalue weighted by molar-refractivity contribution is 6.06. The second-order valence-corrected chi connectivity index (χ2v) is 8.50. The molecule has 1 aromatic carbocycles. The van der Waals surface area contributed by atoms with Crippen LogP contribution < -0.4 is 15.4 Å². The average molecular weight is 507 g/mol. The summed E-state index contributed by atoms with van der Waals surface area (Å²) in [6, 6.07) is 7.44. The van der Waals surface area contributed by atoms with Crippen LogP contribution in [0.3, 0.4) is 0 Å². The second-order valence-electron chi connectivity index (χ2n) is 8.50. The van der Waals surface area contributed by atoms with Gasteiger partial charge in [0, 0.05) is 18.5 Å². The number of alkyl carbamates (subject to hydrolysis) is 1. The number of amides is 2. The second kappa shape index (κ2) is 8.47. The van der Waals surface area contributed by atoms with Gasteiger partial charge in [-0.2, -0.15) is 10.1 Å². The summed E-state index contributed by atoms with van der Waals surface area (Å²) in [5.74, 6) is -1.46. The van der Waals surface area contributed by atoms with E-state index in [4.69, 9.17) is 9.47 Å². The normalized spacial score (nSPS) is 17.8. The van der Waals surface area contributed by atoms with Crippen molar-refractivity contribution in [3.8, 4) is 17.4 Å². The SMILES string of the molecule is CCNC(=O)O[C@@]12CCOc3nc(-c4nn(Cc5ccccc5F)c5ncc(F)cc45)nc(c31)NC2=O. The molecule has 2 amide bonds. The Labute approximate surface area is 207 Å². The Bertz CT molecular complexity index is 1590. The number of ether oxygens (including phenoxy) is 2. The van der Waals surface area contributed by atoms with Crippen molar-refractivity contribution in [3.63, 3.8) is 0 Å². The van der Waals surface area contributed by atoms with Crippen molar-refractivity contribution in [1.29, 1.82) is 0 Å². The molecule has 2 aliphatic rings. The van der Waals surface area contributed by atoms with Crippen molar-refractivity contribution in [2.24, 2.45) is 0 Å². The first-order chi connectivity index (χ1) is 17.9. The summed E-state index contributed by atoms with van der Waals surface area (Å²) in [6.45, 7) is 2.11. The molecule has 0 unspecified atom stereocenters. The fraction of sp³-hybridized carbons (Fsp3) is 0.250. The zero-order chi connectivity index (χ0) is 25.7. The Morgan fingerprint density at radius 1 is 1.30 bits per heavy atom. The summed E-state index contributed by atoms with van der Waals surface area (Å²) in [6.07, 6.45) is 0.352. The zero-order valence-electron chi connectivity index (χ0n) is 19.4. The first-order valence-electron chi connectivity index (χ1n) is 11.5. The maximum atomic E-state index is 14.3. The number of pyridine rings is 1. The molecular formula is C24H19F2N7O4. The number of carbonyl (C=O) groups is 2. The molecule has 1 atom stereocenters. The lowest BCUT2D eigenvalue weighted by molar-refractivity contribution is -0.137. The van der Waals surface area contributed by atoms with Crippen LogP contribution in [-0.2, 0) is 21.7 Å². The predicted octanol–water partition coefficient (Wildman–Crippen LogP) is 2.89. The molecular weight excluding hydrogens is 488 g/mol. The Morgan fingerprint density at radius 3 is 2.95 bits per heavy atom. The zero-order valence-corrected chi connectivity index (χ0v) is 19.4. The quantitative estimate of drug-likeness (QED) is 0.421. The van der Waals surface area contributed by atoms with Crippen LogP contribution in [0.5, 0.6) is 5.88 Å². The Hall–Kier alpha value is -4.68. The van der Waals surface area contributed by atoms with Crippen LogP contribution in [0.25, 0.3) is 22.6 Å². The predicted molar refractivity (Wildman–Crippen MR) is 125 cm³/mol. The van der Waals surface area contributed by atoms with Gasteiger partial charge in [0.15, 0.2) is 11.5 Å². The summed E-state index contributed by atoms with van der Waals surface area (Å²) >= 11 is 0. The van der Waals surface area contributed by atoms with E-state index in [0.717, 1.165) is 6.20 Å². The van der Waals surface area contributed by atoms with Crippen LogP contribution in [0.1, 0.15) is 24.5 Å². The Kier molecular flexibility index (Phi) is 5.21. The number of hydrogen-bond acceptors (Lipinski definition) is 8. The lowest BCUT2D eigenvalue weighted by Gasteiger charge is -2.31. The lowest BCUT2D eigenvalue weighted by atomic mass is 9.91. The maximum absolute atomic E-state index is 14.3. The first kappa shape index (κ1) is 22.8. The van der Waals surface area contributed by atoms with Gasteiger partial charge in [-0.05, 0) is 19.1 Å².